The Morgan fingerprint density at radius 2 is 1.90 bits per heavy atom. The van der Waals surface area contributed by atoms with Crippen LogP contribution < -0.4 is 11.1 Å². The fourth-order valence-corrected chi connectivity index (χ4v) is 3.75. The summed E-state index contributed by atoms with van der Waals surface area (Å²) in [6, 6.07) is 9.04. The van der Waals surface area contributed by atoms with Gasteiger partial charge in [0.1, 0.15) is 16.6 Å². The third-order valence-corrected chi connectivity index (χ3v) is 5.28. The Labute approximate surface area is 176 Å². The van der Waals surface area contributed by atoms with Crippen molar-refractivity contribution in [2.75, 3.05) is 11.9 Å². The van der Waals surface area contributed by atoms with Crippen LogP contribution in [0.5, 0.6) is 0 Å². The van der Waals surface area contributed by atoms with E-state index in [2.05, 4.69) is 25.7 Å². The van der Waals surface area contributed by atoms with Crippen LogP contribution in [0.4, 0.5) is 13.9 Å². The maximum Gasteiger partial charge on any atom is 0.206 e. The molecule has 0 bridgehead atoms. The molecule has 6 nitrogen and oxygen atoms in total. The minimum Gasteiger partial charge on any atom is -0.359 e. The van der Waals surface area contributed by atoms with Crippen LogP contribution in [0.2, 0.25) is 0 Å². The average molecular weight is 437 g/mol. The number of anilines is 1. The molecular weight excluding hydrogens is 418 g/mol. The number of nitrogens with one attached hydrogen (secondary N) is 2. The third kappa shape index (κ3) is 4.87. The smallest absolute Gasteiger partial charge is 0.206 e. The number of fused-ring (bicyclic) bond motifs is 1. The number of halogens is 3. The zero-order valence-electron chi connectivity index (χ0n) is 15.4. The molecule has 0 aliphatic heterocycles. The number of nitrogens with two attached hydrogens (primary N) is 1. The van der Waals surface area contributed by atoms with Crippen molar-refractivity contribution in [2.45, 2.75) is 19.4 Å². The summed E-state index contributed by atoms with van der Waals surface area (Å²) < 4.78 is 26.6. The SMILES string of the molecule is Cc1[nH]nc2ccc(-c3nnc(NC[C@@H](N)Cc4cc(F)cc(F)c4)s3)cc12.Cl. The highest BCUT2D eigenvalue weighted by molar-refractivity contribution is 7.18. The van der Waals surface area contributed by atoms with E-state index in [4.69, 9.17) is 5.73 Å². The van der Waals surface area contributed by atoms with Crippen molar-refractivity contribution in [1.82, 2.24) is 20.4 Å². The van der Waals surface area contributed by atoms with E-state index < -0.39 is 11.6 Å². The molecule has 152 valence electrons. The fraction of sp³-hybridized carbons (Fsp3) is 0.211. The second-order valence-electron chi connectivity index (χ2n) is 6.62. The molecule has 0 aliphatic carbocycles. The van der Waals surface area contributed by atoms with Crippen LogP contribution in [-0.4, -0.2) is 33.0 Å². The number of H-pyrrole nitrogens is 1. The maximum absolute atomic E-state index is 13.3. The van der Waals surface area contributed by atoms with Gasteiger partial charge >= 0.3 is 0 Å². The molecule has 29 heavy (non-hydrogen) atoms. The molecule has 0 saturated heterocycles. The van der Waals surface area contributed by atoms with Gasteiger partial charge in [-0.3, -0.25) is 5.10 Å². The van der Waals surface area contributed by atoms with E-state index in [1.807, 2.05) is 25.1 Å². The number of hydrogen-bond donors (Lipinski definition) is 3. The zero-order valence-corrected chi connectivity index (χ0v) is 17.1. The van der Waals surface area contributed by atoms with E-state index in [1.54, 1.807) is 0 Å². The van der Waals surface area contributed by atoms with Gasteiger partial charge in [-0.05, 0) is 49.2 Å². The van der Waals surface area contributed by atoms with Crippen LogP contribution in [-0.2, 0) is 6.42 Å². The second kappa shape index (κ2) is 8.81. The molecule has 4 N–H and O–H groups in total. The van der Waals surface area contributed by atoms with Crippen LogP contribution in [0.25, 0.3) is 21.5 Å². The molecule has 10 heteroatoms. The van der Waals surface area contributed by atoms with E-state index in [0.717, 1.165) is 33.2 Å². The van der Waals surface area contributed by atoms with Gasteiger partial charge in [0.05, 0.1) is 5.52 Å². The number of hydrogen-bond acceptors (Lipinski definition) is 6. The van der Waals surface area contributed by atoms with Crippen molar-refractivity contribution in [3.8, 4) is 10.6 Å². The molecule has 0 unspecified atom stereocenters. The highest BCUT2D eigenvalue weighted by Crippen LogP contribution is 2.29. The van der Waals surface area contributed by atoms with Crippen molar-refractivity contribution < 1.29 is 8.78 Å². The molecule has 0 fully saturated rings. The van der Waals surface area contributed by atoms with Gasteiger partial charge in [-0.1, -0.05) is 11.3 Å². The molecule has 4 rings (SSSR count). The van der Waals surface area contributed by atoms with E-state index in [-0.39, 0.29) is 18.4 Å². The molecular formula is C19H19ClF2N6S. The van der Waals surface area contributed by atoms with Gasteiger partial charge in [-0.2, -0.15) is 5.10 Å². The monoisotopic (exact) mass is 436 g/mol. The van der Waals surface area contributed by atoms with Gasteiger partial charge in [-0.25, -0.2) is 8.78 Å². The highest BCUT2D eigenvalue weighted by Gasteiger charge is 2.11. The number of aromatic nitrogens is 4. The van der Waals surface area contributed by atoms with Crippen LogP contribution >= 0.6 is 23.7 Å². The van der Waals surface area contributed by atoms with Crippen molar-refractivity contribution in [2.24, 2.45) is 5.73 Å². The minimum absolute atomic E-state index is 0. The van der Waals surface area contributed by atoms with Gasteiger partial charge in [0.2, 0.25) is 5.13 Å². The largest absolute Gasteiger partial charge is 0.359 e. The van der Waals surface area contributed by atoms with E-state index in [1.165, 1.54) is 23.5 Å². The van der Waals surface area contributed by atoms with Crippen molar-refractivity contribution in [3.05, 3.63) is 59.3 Å². The molecule has 4 aromatic rings. The molecule has 0 spiro atoms. The first-order valence-corrected chi connectivity index (χ1v) is 9.52. The van der Waals surface area contributed by atoms with Crippen LogP contribution in [0.1, 0.15) is 11.3 Å². The average Bonchev–Trinajstić information content (AvgIpc) is 3.26. The van der Waals surface area contributed by atoms with Gasteiger partial charge in [0, 0.05) is 35.3 Å². The van der Waals surface area contributed by atoms with Crippen LogP contribution in [0, 0.1) is 18.6 Å². The number of aryl methyl sites for hydroxylation is 1. The maximum atomic E-state index is 13.3. The Balaban J connectivity index is 0.00000240. The Hall–Kier alpha value is -2.62. The van der Waals surface area contributed by atoms with Crippen LogP contribution in [0.15, 0.2) is 36.4 Å². The Kier molecular flexibility index (Phi) is 6.41. The van der Waals surface area contributed by atoms with E-state index in [0.29, 0.717) is 23.7 Å². The number of aromatic amines is 1. The molecule has 0 saturated carbocycles. The quantitative estimate of drug-likeness (QED) is 0.423. The topological polar surface area (TPSA) is 92.5 Å². The Bertz CT molecular complexity index is 1110. The van der Waals surface area contributed by atoms with Gasteiger partial charge < -0.3 is 11.1 Å². The summed E-state index contributed by atoms with van der Waals surface area (Å²) in [5, 5.41) is 21.2. The van der Waals surface area contributed by atoms with E-state index in [9.17, 15) is 8.78 Å². The van der Waals surface area contributed by atoms with Crippen molar-refractivity contribution in [3.63, 3.8) is 0 Å². The predicted molar refractivity (Wildman–Crippen MR) is 114 cm³/mol. The van der Waals surface area contributed by atoms with E-state index >= 15 is 0 Å². The van der Waals surface area contributed by atoms with Gasteiger partial charge in [-0.15, -0.1) is 22.6 Å². The second-order valence-corrected chi connectivity index (χ2v) is 7.59. The summed E-state index contributed by atoms with van der Waals surface area (Å²) in [7, 11) is 0. The first kappa shape index (κ1) is 21.1. The zero-order chi connectivity index (χ0) is 19.7. The predicted octanol–water partition coefficient (Wildman–Crippen LogP) is 4.07. The first-order chi connectivity index (χ1) is 13.5. The molecule has 0 aliphatic rings. The Morgan fingerprint density at radius 3 is 2.66 bits per heavy atom. The van der Waals surface area contributed by atoms with Crippen molar-refractivity contribution in [1.29, 1.82) is 0 Å². The van der Waals surface area contributed by atoms with Gasteiger partial charge in [0.15, 0.2) is 0 Å². The molecule has 0 radical (unpaired) electrons. The normalized spacial score (nSPS) is 12.0. The third-order valence-electron chi connectivity index (χ3n) is 4.35. The lowest BCUT2D eigenvalue weighted by atomic mass is 10.1. The lowest BCUT2D eigenvalue weighted by Crippen LogP contribution is -2.31. The molecule has 2 aromatic heterocycles. The summed E-state index contributed by atoms with van der Waals surface area (Å²) in [5.74, 6) is -1.21. The minimum atomic E-state index is -0.603. The number of rotatable bonds is 6. The molecule has 0 amide bonds. The summed E-state index contributed by atoms with van der Waals surface area (Å²) in [5.41, 5.74) is 9.47. The standard InChI is InChI=1S/C19H18F2N6S.ClH/c1-10-16-7-12(2-3-17(16)25-24-10)18-26-27-19(28-18)23-9-15(22)6-11-4-13(20)8-14(21)5-11;/h2-5,7-8,15H,6,9,22H2,1H3,(H,23,27)(H,24,25);1H/t15-;/m0./s1. The number of nitrogens with zero attached hydrogens (tertiary/aromatic N) is 3. The van der Waals surface area contributed by atoms with Crippen molar-refractivity contribution >= 4 is 39.8 Å². The lowest BCUT2D eigenvalue weighted by molar-refractivity contribution is 0.576. The van der Waals surface area contributed by atoms with Gasteiger partial charge in [0.25, 0.3) is 0 Å². The van der Waals surface area contributed by atoms with Crippen LogP contribution in [0.3, 0.4) is 0 Å². The summed E-state index contributed by atoms with van der Waals surface area (Å²) in [6.45, 7) is 2.38. The highest BCUT2D eigenvalue weighted by atomic mass is 35.5. The fourth-order valence-electron chi connectivity index (χ4n) is 3.00. The summed E-state index contributed by atoms with van der Waals surface area (Å²) >= 11 is 1.42. The number of benzene rings is 2. The molecule has 1 atom stereocenters. The molecule has 2 heterocycles. The summed E-state index contributed by atoms with van der Waals surface area (Å²) in [4.78, 5) is 0. The molecule has 2 aromatic carbocycles. The first-order valence-electron chi connectivity index (χ1n) is 8.71. The lowest BCUT2D eigenvalue weighted by Gasteiger charge is -2.12. The Morgan fingerprint density at radius 1 is 1.14 bits per heavy atom. The summed E-state index contributed by atoms with van der Waals surface area (Å²) in [6.07, 6.45) is 0.351.